The summed E-state index contributed by atoms with van der Waals surface area (Å²) in [6.07, 6.45) is 2.17. The summed E-state index contributed by atoms with van der Waals surface area (Å²) >= 11 is 1.45. The van der Waals surface area contributed by atoms with Crippen LogP contribution in [0, 0.1) is 5.92 Å². The zero-order valence-electron chi connectivity index (χ0n) is 17.7. The van der Waals surface area contributed by atoms with E-state index < -0.39 is 15.9 Å². The largest absolute Gasteiger partial charge is 0.497 e. The molecule has 2 heterocycles. The highest BCUT2D eigenvalue weighted by molar-refractivity contribution is 7.99. The van der Waals surface area contributed by atoms with Gasteiger partial charge < -0.3 is 15.0 Å². The molecule has 2 aliphatic rings. The number of benzene rings is 2. The Morgan fingerprint density at radius 2 is 1.91 bits per heavy atom. The predicted molar refractivity (Wildman–Crippen MR) is 124 cm³/mol. The quantitative estimate of drug-likeness (QED) is 0.665. The molecular formula is C22H25N3O5S2. The maximum Gasteiger partial charge on any atom is 0.261 e. The third kappa shape index (κ3) is 5.02. The number of hydrogen-bond donors (Lipinski definition) is 2. The van der Waals surface area contributed by atoms with Gasteiger partial charge in [0.25, 0.3) is 10.0 Å². The van der Waals surface area contributed by atoms with Crippen LogP contribution in [0.3, 0.4) is 0 Å². The average Bonchev–Trinajstić information content (AvgIpc) is 3.27. The van der Waals surface area contributed by atoms with Crippen molar-refractivity contribution in [3.8, 4) is 5.75 Å². The van der Waals surface area contributed by atoms with E-state index in [4.69, 9.17) is 4.74 Å². The van der Waals surface area contributed by atoms with Crippen molar-refractivity contribution in [3.63, 3.8) is 0 Å². The zero-order valence-corrected chi connectivity index (χ0v) is 19.3. The number of amides is 2. The molecule has 170 valence electrons. The molecule has 4 rings (SSSR count). The van der Waals surface area contributed by atoms with Crippen molar-refractivity contribution in [3.05, 3.63) is 42.5 Å². The normalized spacial score (nSPS) is 18.5. The molecule has 10 heteroatoms. The first-order chi connectivity index (χ1) is 15.4. The Morgan fingerprint density at radius 1 is 1.19 bits per heavy atom. The summed E-state index contributed by atoms with van der Waals surface area (Å²) in [5, 5.41) is 2.82. The maximum atomic E-state index is 12.9. The number of carbonyl (C=O) groups is 2. The van der Waals surface area contributed by atoms with Crippen molar-refractivity contribution in [1.82, 2.24) is 4.90 Å². The van der Waals surface area contributed by atoms with Gasteiger partial charge in [-0.15, -0.1) is 11.8 Å². The standard InChI is InChI=1S/C22H25N3O5S2/c1-30-17-6-4-16(5-7-17)24-32(28,29)18-8-9-20-19(13-18)23-22(27)15(14-31-20)12-21(26)25-10-2-3-11-25/h4-9,13,15,24H,2-3,10-12,14H2,1H3,(H,23,27). The van der Waals surface area contributed by atoms with E-state index in [0.717, 1.165) is 30.8 Å². The number of anilines is 2. The summed E-state index contributed by atoms with van der Waals surface area (Å²) in [5.74, 6) is 0.366. The number of nitrogens with zero attached hydrogens (tertiary/aromatic N) is 1. The lowest BCUT2D eigenvalue weighted by Gasteiger charge is -2.18. The summed E-state index contributed by atoms with van der Waals surface area (Å²) in [4.78, 5) is 27.9. The summed E-state index contributed by atoms with van der Waals surface area (Å²) in [7, 11) is -2.32. The number of ether oxygens (including phenoxy) is 1. The van der Waals surface area contributed by atoms with Crippen molar-refractivity contribution >= 4 is 45.0 Å². The highest BCUT2D eigenvalue weighted by atomic mass is 32.2. The van der Waals surface area contributed by atoms with Crippen molar-refractivity contribution in [2.45, 2.75) is 29.1 Å². The van der Waals surface area contributed by atoms with Crippen molar-refractivity contribution in [1.29, 1.82) is 0 Å². The Bertz CT molecular complexity index is 1110. The van der Waals surface area contributed by atoms with Gasteiger partial charge in [-0.05, 0) is 55.3 Å². The number of sulfonamides is 1. The molecule has 0 aliphatic carbocycles. The second-order valence-electron chi connectivity index (χ2n) is 7.78. The average molecular weight is 476 g/mol. The number of thioether (sulfide) groups is 1. The van der Waals surface area contributed by atoms with Crippen LogP contribution < -0.4 is 14.8 Å². The van der Waals surface area contributed by atoms with E-state index in [1.54, 1.807) is 30.3 Å². The minimum atomic E-state index is -3.85. The van der Waals surface area contributed by atoms with Gasteiger partial charge in [-0.25, -0.2) is 8.42 Å². The van der Waals surface area contributed by atoms with Crippen molar-refractivity contribution in [2.75, 3.05) is 36.0 Å². The molecule has 0 saturated carbocycles. The molecule has 0 radical (unpaired) electrons. The lowest BCUT2D eigenvalue weighted by molar-refractivity contribution is -0.133. The monoisotopic (exact) mass is 475 g/mol. The van der Waals surface area contributed by atoms with Gasteiger partial charge in [0.1, 0.15) is 5.75 Å². The fraction of sp³-hybridized carbons (Fsp3) is 0.364. The number of rotatable bonds is 6. The van der Waals surface area contributed by atoms with Gasteiger partial charge in [0.05, 0.1) is 23.6 Å². The molecule has 0 aromatic heterocycles. The second-order valence-corrected chi connectivity index (χ2v) is 10.5. The SMILES string of the molecule is COc1ccc(NS(=O)(=O)c2ccc3c(c2)NC(=O)C(CC(=O)N2CCCC2)CS3)cc1. The van der Waals surface area contributed by atoms with Crippen LogP contribution in [0.1, 0.15) is 19.3 Å². The van der Waals surface area contributed by atoms with E-state index in [1.807, 2.05) is 4.90 Å². The van der Waals surface area contributed by atoms with Gasteiger partial charge in [-0.1, -0.05) is 0 Å². The van der Waals surface area contributed by atoms with Crippen molar-refractivity contribution < 1.29 is 22.7 Å². The Hall–Kier alpha value is -2.72. The van der Waals surface area contributed by atoms with Gasteiger partial charge >= 0.3 is 0 Å². The molecule has 2 N–H and O–H groups in total. The lowest BCUT2D eigenvalue weighted by Crippen LogP contribution is -2.33. The Labute approximate surface area is 191 Å². The van der Waals surface area contributed by atoms with Crippen LogP contribution in [0.2, 0.25) is 0 Å². The molecule has 1 unspecified atom stereocenters. The number of likely N-dealkylation sites (tertiary alicyclic amines) is 1. The third-order valence-electron chi connectivity index (χ3n) is 5.55. The van der Waals surface area contributed by atoms with Crippen LogP contribution in [0.4, 0.5) is 11.4 Å². The van der Waals surface area contributed by atoms with E-state index >= 15 is 0 Å². The van der Waals surface area contributed by atoms with Crippen molar-refractivity contribution in [2.24, 2.45) is 5.92 Å². The van der Waals surface area contributed by atoms with E-state index in [2.05, 4.69) is 10.0 Å². The molecule has 8 nitrogen and oxygen atoms in total. The third-order valence-corrected chi connectivity index (χ3v) is 8.17. The van der Waals surface area contributed by atoms with E-state index in [-0.39, 0.29) is 23.1 Å². The Morgan fingerprint density at radius 3 is 2.59 bits per heavy atom. The minimum Gasteiger partial charge on any atom is -0.497 e. The van der Waals surface area contributed by atoms with Gasteiger partial charge in [0.15, 0.2) is 0 Å². The number of carbonyl (C=O) groups excluding carboxylic acids is 2. The predicted octanol–water partition coefficient (Wildman–Crippen LogP) is 3.17. The molecule has 2 aliphatic heterocycles. The summed E-state index contributed by atoms with van der Waals surface area (Å²) < 4.78 is 33.3. The minimum absolute atomic E-state index is 0.00108. The van der Waals surface area contributed by atoms with Crippen LogP contribution in [-0.4, -0.2) is 51.1 Å². The molecule has 32 heavy (non-hydrogen) atoms. The van der Waals surface area contributed by atoms with E-state index in [1.165, 1.54) is 31.0 Å². The van der Waals surface area contributed by atoms with Gasteiger partial charge in [-0.3, -0.25) is 14.3 Å². The molecule has 0 spiro atoms. The number of hydrogen-bond acceptors (Lipinski definition) is 6. The van der Waals surface area contributed by atoms with Crippen LogP contribution in [0.5, 0.6) is 5.75 Å². The van der Waals surface area contributed by atoms with Crippen LogP contribution in [0.25, 0.3) is 0 Å². The molecule has 1 atom stereocenters. The van der Waals surface area contributed by atoms with Crippen LogP contribution in [0.15, 0.2) is 52.3 Å². The lowest BCUT2D eigenvalue weighted by atomic mass is 10.1. The maximum absolute atomic E-state index is 12.9. The Kier molecular flexibility index (Phi) is 6.61. The summed E-state index contributed by atoms with van der Waals surface area (Å²) in [5.41, 5.74) is 0.841. The molecule has 2 aromatic rings. The molecule has 1 fully saturated rings. The highest BCUT2D eigenvalue weighted by Crippen LogP contribution is 2.35. The fourth-order valence-corrected chi connectivity index (χ4v) is 5.90. The first-order valence-electron chi connectivity index (χ1n) is 10.4. The van der Waals surface area contributed by atoms with Crippen LogP contribution >= 0.6 is 11.8 Å². The fourth-order valence-electron chi connectivity index (χ4n) is 3.73. The smallest absolute Gasteiger partial charge is 0.261 e. The number of nitrogens with one attached hydrogen (secondary N) is 2. The molecular weight excluding hydrogens is 450 g/mol. The summed E-state index contributed by atoms with van der Waals surface area (Å²) in [6, 6.07) is 11.2. The van der Waals surface area contributed by atoms with E-state index in [9.17, 15) is 18.0 Å². The Balaban J connectivity index is 1.48. The van der Waals surface area contributed by atoms with Gasteiger partial charge in [0, 0.05) is 35.8 Å². The first kappa shape index (κ1) is 22.5. The molecule has 2 aromatic carbocycles. The van der Waals surface area contributed by atoms with E-state index in [0.29, 0.717) is 22.9 Å². The molecule has 2 amide bonds. The molecule has 1 saturated heterocycles. The van der Waals surface area contributed by atoms with Gasteiger partial charge in [0.2, 0.25) is 11.8 Å². The second kappa shape index (κ2) is 9.41. The zero-order chi connectivity index (χ0) is 22.7. The van der Waals surface area contributed by atoms with Crippen LogP contribution in [-0.2, 0) is 19.6 Å². The number of methoxy groups -OCH3 is 1. The first-order valence-corrected chi connectivity index (χ1v) is 12.8. The molecule has 0 bridgehead atoms. The number of fused-ring (bicyclic) bond motifs is 1. The topological polar surface area (TPSA) is 105 Å². The van der Waals surface area contributed by atoms with Gasteiger partial charge in [-0.2, -0.15) is 0 Å². The summed E-state index contributed by atoms with van der Waals surface area (Å²) in [6.45, 7) is 1.51. The highest BCUT2D eigenvalue weighted by Gasteiger charge is 2.30.